The second-order valence-corrected chi connectivity index (χ2v) is 7.03. The first-order chi connectivity index (χ1) is 12.0. The molecule has 0 amide bonds. The van der Waals surface area contributed by atoms with Crippen LogP contribution in [0.5, 0.6) is 0 Å². The van der Waals surface area contributed by atoms with E-state index in [0.717, 1.165) is 19.3 Å². The Morgan fingerprint density at radius 3 is 2.20 bits per heavy atom. The largest absolute Gasteiger partial charge is 0.451 e. The summed E-state index contributed by atoms with van der Waals surface area (Å²) in [7, 11) is 0. The van der Waals surface area contributed by atoms with Gasteiger partial charge in [0.1, 0.15) is 0 Å². The number of fused-ring (bicyclic) bond motifs is 1. The number of aryl methyl sites for hydroxylation is 2. The molecule has 1 aliphatic rings. The normalized spacial score (nSPS) is 14.2. The first-order valence-electron chi connectivity index (χ1n) is 8.92. The van der Waals surface area contributed by atoms with E-state index in [2.05, 4.69) is 13.8 Å². The van der Waals surface area contributed by atoms with Crippen molar-refractivity contribution in [2.75, 3.05) is 0 Å². The highest BCUT2D eigenvalue weighted by Gasteiger charge is 2.22. The van der Waals surface area contributed by atoms with Crippen molar-refractivity contribution >= 4 is 11.8 Å². The average molecular weight is 336 g/mol. The lowest BCUT2D eigenvalue weighted by Crippen LogP contribution is -2.24. The topological polar surface area (TPSA) is 43.4 Å². The molecule has 1 atom stereocenters. The van der Waals surface area contributed by atoms with E-state index >= 15 is 0 Å². The Kier molecular flexibility index (Phi) is 5.03. The molecule has 0 aliphatic heterocycles. The molecule has 0 saturated carbocycles. The van der Waals surface area contributed by atoms with Gasteiger partial charge in [-0.15, -0.1) is 0 Å². The molecule has 0 bridgehead atoms. The van der Waals surface area contributed by atoms with Gasteiger partial charge in [0.15, 0.2) is 6.10 Å². The summed E-state index contributed by atoms with van der Waals surface area (Å²) in [6.07, 6.45) is 2.45. The molecule has 2 aromatic carbocycles. The lowest BCUT2D eigenvalue weighted by atomic mass is 10.0. The van der Waals surface area contributed by atoms with E-state index in [-0.39, 0.29) is 5.78 Å². The fraction of sp³-hybridized carbons (Fsp3) is 0.364. The Balaban J connectivity index is 1.67. The van der Waals surface area contributed by atoms with Crippen molar-refractivity contribution in [1.82, 2.24) is 0 Å². The van der Waals surface area contributed by atoms with Crippen molar-refractivity contribution in [2.24, 2.45) is 0 Å². The third-order valence-electron chi connectivity index (χ3n) is 4.85. The minimum atomic E-state index is -0.795. The molecule has 3 rings (SSSR count). The summed E-state index contributed by atoms with van der Waals surface area (Å²) >= 11 is 0. The molecule has 0 radical (unpaired) electrons. The predicted octanol–water partition coefficient (Wildman–Crippen LogP) is 4.73. The van der Waals surface area contributed by atoms with Gasteiger partial charge in [-0.2, -0.15) is 0 Å². The maximum atomic E-state index is 12.6. The molecule has 0 aromatic heterocycles. The smallest absolute Gasteiger partial charge is 0.338 e. The van der Waals surface area contributed by atoms with Gasteiger partial charge >= 0.3 is 5.97 Å². The number of carbonyl (C=O) groups excluding carboxylic acids is 2. The summed E-state index contributed by atoms with van der Waals surface area (Å²) in [5.41, 5.74) is 4.83. The standard InChI is InChI=1S/C22H24O3/c1-14(2)16-7-10-18(11-8-16)22(24)25-15(3)21(23)20-12-9-17-5-4-6-19(17)13-20/h7-15H,4-6H2,1-3H3/t15-/m0/s1. The van der Waals surface area contributed by atoms with Crippen LogP contribution in [0.15, 0.2) is 42.5 Å². The molecule has 0 saturated heterocycles. The van der Waals surface area contributed by atoms with Gasteiger partial charge in [0.05, 0.1) is 5.56 Å². The Hall–Kier alpha value is -2.42. The lowest BCUT2D eigenvalue weighted by molar-refractivity contribution is 0.0319. The third-order valence-corrected chi connectivity index (χ3v) is 4.85. The van der Waals surface area contributed by atoms with E-state index in [1.165, 1.54) is 16.7 Å². The molecule has 0 unspecified atom stereocenters. The molecule has 1 aliphatic carbocycles. The summed E-state index contributed by atoms with van der Waals surface area (Å²) < 4.78 is 5.38. The van der Waals surface area contributed by atoms with Gasteiger partial charge < -0.3 is 4.74 Å². The third kappa shape index (κ3) is 3.81. The first-order valence-corrected chi connectivity index (χ1v) is 8.92. The monoisotopic (exact) mass is 336 g/mol. The zero-order valence-electron chi connectivity index (χ0n) is 15.0. The van der Waals surface area contributed by atoms with E-state index < -0.39 is 12.1 Å². The van der Waals surface area contributed by atoms with Crippen LogP contribution < -0.4 is 0 Å². The highest BCUT2D eigenvalue weighted by Crippen LogP contribution is 2.24. The minimum Gasteiger partial charge on any atom is -0.451 e. The molecular weight excluding hydrogens is 312 g/mol. The van der Waals surface area contributed by atoms with E-state index in [0.29, 0.717) is 17.0 Å². The van der Waals surface area contributed by atoms with Crippen LogP contribution in [-0.2, 0) is 17.6 Å². The highest BCUT2D eigenvalue weighted by molar-refractivity contribution is 6.01. The second kappa shape index (κ2) is 7.22. The molecule has 0 spiro atoms. The van der Waals surface area contributed by atoms with Crippen molar-refractivity contribution < 1.29 is 14.3 Å². The Labute approximate surface area is 149 Å². The van der Waals surface area contributed by atoms with Gasteiger partial charge in [-0.1, -0.05) is 38.1 Å². The number of hydrogen-bond donors (Lipinski definition) is 0. The number of Topliss-reactive ketones (excluding diaryl/α,β-unsaturated/α-hetero) is 1. The van der Waals surface area contributed by atoms with Crippen molar-refractivity contribution in [2.45, 2.75) is 52.1 Å². The van der Waals surface area contributed by atoms with Crippen LogP contribution in [0.3, 0.4) is 0 Å². The number of ether oxygens (including phenoxy) is 1. The molecule has 130 valence electrons. The summed E-state index contributed by atoms with van der Waals surface area (Å²) in [4.78, 5) is 24.9. The number of esters is 1. The van der Waals surface area contributed by atoms with E-state index in [4.69, 9.17) is 4.74 Å². The fourth-order valence-corrected chi connectivity index (χ4v) is 3.25. The SMILES string of the molecule is CC(C)c1ccc(C(=O)O[C@@H](C)C(=O)c2ccc3c(c2)CCC3)cc1. The van der Waals surface area contributed by atoms with Crippen LogP contribution in [-0.4, -0.2) is 17.9 Å². The average Bonchev–Trinajstić information content (AvgIpc) is 3.08. The Bertz CT molecular complexity index is 787. The molecule has 0 N–H and O–H groups in total. The molecule has 3 nitrogen and oxygen atoms in total. The molecule has 0 heterocycles. The molecule has 3 heteroatoms. The maximum Gasteiger partial charge on any atom is 0.338 e. The van der Waals surface area contributed by atoms with E-state index in [1.807, 2.05) is 30.3 Å². The molecule has 0 fully saturated rings. The van der Waals surface area contributed by atoms with Gasteiger partial charge in [-0.3, -0.25) is 4.79 Å². The highest BCUT2D eigenvalue weighted by atomic mass is 16.5. The van der Waals surface area contributed by atoms with Gasteiger partial charge in [0.25, 0.3) is 0 Å². The predicted molar refractivity (Wildman–Crippen MR) is 98.2 cm³/mol. The Morgan fingerprint density at radius 1 is 0.880 bits per heavy atom. The van der Waals surface area contributed by atoms with Crippen molar-refractivity contribution in [3.8, 4) is 0 Å². The maximum absolute atomic E-state index is 12.6. The number of hydrogen-bond acceptors (Lipinski definition) is 3. The summed E-state index contributed by atoms with van der Waals surface area (Å²) in [6, 6.07) is 13.2. The van der Waals surface area contributed by atoms with Crippen LogP contribution >= 0.6 is 0 Å². The first kappa shape index (κ1) is 17.4. The van der Waals surface area contributed by atoms with Crippen LogP contribution in [0, 0.1) is 0 Å². The molecule has 2 aromatic rings. The summed E-state index contributed by atoms with van der Waals surface area (Å²) in [5.74, 6) is -0.204. The zero-order chi connectivity index (χ0) is 18.0. The van der Waals surface area contributed by atoms with Crippen LogP contribution in [0.1, 0.15) is 70.5 Å². The Morgan fingerprint density at radius 2 is 1.52 bits per heavy atom. The van der Waals surface area contributed by atoms with E-state index in [1.54, 1.807) is 19.1 Å². The number of carbonyl (C=O) groups is 2. The van der Waals surface area contributed by atoms with Crippen LogP contribution in [0.4, 0.5) is 0 Å². The van der Waals surface area contributed by atoms with Gasteiger partial charge in [0.2, 0.25) is 5.78 Å². The van der Waals surface area contributed by atoms with E-state index in [9.17, 15) is 9.59 Å². The summed E-state index contributed by atoms with van der Waals surface area (Å²) in [6.45, 7) is 5.84. The molecule has 25 heavy (non-hydrogen) atoms. The van der Waals surface area contributed by atoms with Crippen molar-refractivity contribution in [3.05, 3.63) is 70.3 Å². The second-order valence-electron chi connectivity index (χ2n) is 7.03. The lowest BCUT2D eigenvalue weighted by Gasteiger charge is -2.14. The van der Waals surface area contributed by atoms with Gasteiger partial charge in [-0.25, -0.2) is 4.79 Å². The summed E-state index contributed by atoms with van der Waals surface area (Å²) in [5, 5.41) is 0. The van der Waals surface area contributed by atoms with Gasteiger partial charge in [0, 0.05) is 5.56 Å². The van der Waals surface area contributed by atoms with Crippen molar-refractivity contribution in [1.29, 1.82) is 0 Å². The zero-order valence-corrected chi connectivity index (χ0v) is 15.0. The van der Waals surface area contributed by atoms with Crippen LogP contribution in [0.2, 0.25) is 0 Å². The minimum absolute atomic E-state index is 0.151. The van der Waals surface area contributed by atoms with Crippen LogP contribution in [0.25, 0.3) is 0 Å². The number of benzene rings is 2. The number of rotatable bonds is 5. The number of ketones is 1. The quantitative estimate of drug-likeness (QED) is 0.586. The van der Waals surface area contributed by atoms with Gasteiger partial charge in [-0.05, 0) is 67.0 Å². The van der Waals surface area contributed by atoms with Crippen molar-refractivity contribution in [3.63, 3.8) is 0 Å². The fourth-order valence-electron chi connectivity index (χ4n) is 3.25. The molecular formula is C22H24O3.